The molecule has 4 heteroatoms. The van der Waals surface area contributed by atoms with E-state index < -0.39 is 0 Å². The third kappa shape index (κ3) is 1.75. The zero-order valence-corrected chi connectivity index (χ0v) is 11.5. The normalized spacial score (nSPS) is 19.4. The molecule has 1 unspecified atom stereocenters. The molecular weight excluding hydrogens is 240 g/mol. The average Bonchev–Trinajstić information content (AvgIpc) is 2.71. The second-order valence-corrected chi connectivity index (χ2v) is 5.21. The fraction of sp³-hybridized carbons (Fsp3) is 0.400. The quantitative estimate of drug-likeness (QED) is 0.732. The van der Waals surface area contributed by atoms with Crippen LogP contribution in [-0.4, -0.2) is 36.1 Å². The van der Waals surface area contributed by atoms with Gasteiger partial charge in [-0.05, 0) is 18.7 Å². The summed E-state index contributed by atoms with van der Waals surface area (Å²) >= 11 is 0. The summed E-state index contributed by atoms with van der Waals surface area (Å²) in [4.78, 5) is 14.2. The van der Waals surface area contributed by atoms with Gasteiger partial charge in [-0.15, -0.1) is 0 Å². The Kier molecular flexibility index (Phi) is 2.82. The number of esters is 1. The Morgan fingerprint density at radius 3 is 2.79 bits per heavy atom. The zero-order valence-electron chi connectivity index (χ0n) is 11.5. The number of carbonyl (C=O) groups excluding carboxylic acids is 1. The number of hydrogen-bond donors (Lipinski definition) is 0. The van der Waals surface area contributed by atoms with Gasteiger partial charge in [-0.1, -0.05) is 18.2 Å². The molecule has 2 heterocycles. The lowest BCUT2D eigenvalue weighted by Gasteiger charge is -2.29. The Bertz CT molecular complexity index is 645. The average molecular weight is 258 g/mol. The van der Waals surface area contributed by atoms with Crippen LogP contribution in [0.4, 0.5) is 0 Å². The van der Waals surface area contributed by atoms with Crippen LogP contribution >= 0.6 is 0 Å². The Morgan fingerprint density at radius 1 is 1.32 bits per heavy atom. The van der Waals surface area contributed by atoms with Crippen molar-refractivity contribution in [3.63, 3.8) is 0 Å². The van der Waals surface area contributed by atoms with E-state index in [4.69, 9.17) is 4.74 Å². The van der Waals surface area contributed by atoms with E-state index >= 15 is 0 Å². The SMILES string of the molecule is COC(=O)C1CN(C)Cc2c1n(C)c1ccccc21. The Morgan fingerprint density at radius 2 is 2.05 bits per heavy atom. The monoisotopic (exact) mass is 258 g/mol. The number of hydrogen-bond acceptors (Lipinski definition) is 3. The van der Waals surface area contributed by atoms with E-state index in [1.165, 1.54) is 23.6 Å². The van der Waals surface area contributed by atoms with E-state index in [-0.39, 0.29) is 11.9 Å². The molecule has 1 aliphatic heterocycles. The molecule has 0 bridgehead atoms. The molecule has 19 heavy (non-hydrogen) atoms. The first-order valence-electron chi connectivity index (χ1n) is 6.46. The molecule has 0 amide bonds. The van der Waals surface area contributed by atoms with Crippen molar-refractivity contribution >= 4 is 16.9 Å². The van der Waals surface area contributed by atoms with E-state index in [2.05, 4.69) is 21.6 Å². The number of carbonyl (C=O) groups is 1. The number of aromatic nitrogens is 1. The maximum atomic E-state index is 12.0. The molecule has 0 spiro atoms. The number of nitrogens with zero attached hydrogens (tertiary/aromatic N) is 2. The minimum atomic E-state index is -0.198. The van der Waals surface area contributed by atoms with Crippen molar-refractivity contribution in [1.82, 2.24) is 9.47 Å². The first kappa shape index (κ1) is 12.2. The maximum absolute atomic E-state index is 12.0. The highest BCUT2D eigenvalue weighted by molar-refractivity contribution is 5.89. The smallest absolute Gasteiger partial charge is 0.316 e. The fourth-order valence-corrected chi connectivity index (χ4v) is 3.16. The van der Waals surface area contributed by atoms with Crippen LogP contribution in [0.15, 0.2) is 24.3 Å². The highest BCUT2D eigenvalue weighted by atomic mass is 16.5. The zero-order chi connectivity index (χ0) is 13.6. The third-order valence-corrected chi connectivity index (χ3v) is 4.00. The van der Waals surface area contributed by atoms with Crippen LogP contribution in [0.2, 0.25) is 0 Å². The molecule has 100 valence electrons. The van der Waals surface area contributed by atoms with Crippen LogP contribution in [0, 0.1) is 0 Å². The second-order valence-electron chi connectivity index (χ2n) is 5.21. The van der Waals surface area contributed by atoms with Gasteiger partial charge in [0.15, 0.2) is 0 Å². The van der Waals surface area contributed by atoms with Crippen molar-refractivity contribution in [1.29, 1.82) is 0 Å². The molecule has 1 aliphatic rings. The van der Waals surface area contributed by atoms with Gasteiger partial charge in [-0.25, -0.2) is 0 Å². The van der Waals surface area contributed by atoms with Gasteiger partial charge in [0.25, 0.3) is 0 Å². The molecule has 1 aromatic heterocycles. The summed E-state index contributed by atoms with van der Waals surface area (Å²) in [5.41, 5.74) is 3.53. The first-order chi connectivity index (χ1) is 9.13. The van der Waals surface area contributed by atoms with Crippen molar-refractivity contribution in [2.45, 2.75) is 12.5 Å². The van der Waals surface area contributed by atoms with Gasteiger partial charge >= 0.3 is 5.97 Å². The van der Waals surface area contributed by atoms with Crippen LogP contribution in [0.3, 0.4) is 0 Å². The number of para-hydroxylation sites is 1. The summed E-state index contributed by atoms with van der Waals surface area (Å²) in [6.07, 6.45) is 0. The van der Waals surface area contributed by atoms with E-state index in [0.29, 0.717) is 6.54 Å². The molecular formula is C15H18N2O2. The standard InChI is InChI=1S/C15H18N2O2/c1-16-8-11-10-6-4-5-7-13(10)17(2)14(11)12(9-16)15(18)19-3/h4-7,12H,8-9H2,1-3H3. The van der Waals surface area contributed by atoms with E-state index in [1.807, 2.05) is 26.2 Å². The minimum Gasteiger partial charge on any atom is -0.468 e. The summed E-state index contributed by atoms with van der Waals surface area (Å²) in [7, 11) is 5.53. The lowest BCUT2D eigenvalue weighted by molar-refractivity contribution is -0.143. The van der Waals surface area contributed by atoms with Gasteiger partial charge in [-0.3, -0.25) is 4.79 Å². The Balaban J connectivity index is 2.26. The lowest BCUT2D eigenvalue weighted by Crippen LogP contribution is -2.35. The molecule has 1 aromatic carbocycles. The molecule has 0 saturated heterocycles. The van der Waals surface area contributed by atoms with Crippen molar-refractivity contribution in [2.24, 2.45) is 7.05 Å². The Labute approximate surface area is 112 Å². The van der Waals surface area contributed by atoms with Crippen LogP contribution in [0.25, 0.3) is 10.9 Å². The summed E-state index contributed by atoms with van der Waals surface area (Å²) in [6.45, 7) is 1.59. The number of aryl methyl sites for hydroxylation is 1. The fourth-order valence-electron chi connectivity index (χ4n) is 3.16. The summed E-state index contributed by atoms with van der Waals surface area (Å²) in [6, 6.07) is 8.30. The van der Waals surface area contributed by atoms with Crippen LogP contribution in [-0.2, 0) is 23.1 Å². The van der Waals surface area contributed by atoms with Gasteiger partial charge in [0.2, 0.25) is 0 Å². The third-order valence-electron chi connectivity index (χ3n) is 4.00. The van der Waals surface area contributed by atoms with E-state index in [9.17, 15) is 4.79 Å². The molecule has 0 N–H and O–H groups in total. The predicted molar refractivity (Wildman–Crippen MR) is 74.0 cm³/mol. The molecule has 4 nitrogen and oxygen atoms in total. The Hall–Kier alpha value is -1.81. The topological polar surface area (TPSA) is 34.5 Å². The minimum absolute atomic E-state index is 0.154. The highest BCUT2D eigenvalue weighted by Crippen LogP contribution is 2.35. The number of fused-ring (bicyclic) bond motifs is 3. The molecule has 1 atom stereocenters. The largest absolute Gasteiger partial charge is 0.468 e. The molecule has 0 radical (unpaired) electrons. The van der Waals surface area contributed by atoms with Gasteiger partial charge < -0.3 is 14.2 Å². The van der Waals surface area contributed by atoms with Crippen molar-refractivity contribution < 1.29 is 9.53 Å². The van der Waals surface area contributed by atoms with Crippen molar-refractivity contribution in [3.05, 3.63) is 35.5 Å². The number of methoxy groups -OCH3 is 1. The number of likely N-dealkylation sites (N-methyl/N-ethyl adjacent to an activating group) is 1. The van der Waals surface area contributed by atoms with Crippen LogP contribution in [0.1, 0.15) is 17.2 Å². The predicted octanol–water partition coefficient (Wildman–Crippen LogP) is 1.88. The number of ether oxygens (including phenoxy) is 1. The van der Waals surface area contributed by atoms with Crippen molar-refractivity contribution in [2.75, 3.05) is 20.7 Å². The molecule has 2 aromatic rings. The first-order valence-corrected chi connectivity index (χ1v) is 6.46. The maximum Gasteiger partial charge on any atom is 0.316 e. The molecule has 0 saturated carbocycles. The summed E-state index contributed by atoms with van der Waals surface area (Å²) in [5.74, 6) is -0.352. The van der Waals surface area contributed by atoms with Gasteiger partial charge in [-0.2, -0.15) is 0 Å². The summed E-state index contributed by atoms with van der Waals surface area (Å²) in [5, 5.41) is 1.24. The highest BCUT2D eigenvalue weighted by Gasteiger charge is 2.34. The number of benzene rings is 1. The van der Waals surface area contributed by atoms with Crippen LogP contribution in [0.5, 0.6) is 0 Å². The van der Waals surface area contributed by atoms with Gasteiger partial charge in [0.05, 0.1) is 7.11 Å². The molecule has 0 fully saturated rings. The van der Waals surface area contributed by atoms with E-state index in [1.54, 1.807) is 0 Å². The molecule has 0 aliphatic carbocycles. The van der Waals surface area contributed by atoms with Crippen molar-refractivity contribution in [3.8, 4) is 0 Å². The van der Waals surface area contributed by atoms with E-state index in [0.717, 1.165) is 12.2 Å². The summed E-state index contributed by atoms with van der Waals surface area (Å²) < 4.78 is 7.11. The molecule has 3 rings (SSSR count). The number of rotatable bonds is 1. The van der Waals surface area contributed by atoms with Gasteiger partial charge in [0, 0.05) is 36.7 Å². The lowest BCUT2D eigenvalue weighted by atomic mass is 9.95. The van der Waals surface area contributed by atoms with Crippen LogP contribution < -0.4 is 0 Å². The second kappa shape index (κ2) is 4.38. The van der Waals surface area contributed by atoms with Gasteiger partial charge in [0.1, 0.15) is 5.92 Å².